The lowest BCUT2D eigenvalue weighted by Crippen LogP contribution is -2.09. The maximum atomic E-state index is 8.58. The van der Waals surface area contributed by atoms with Crippen molar-refractivity contribution < 1.29 is 9.53 Å². The number of carbonyl (C=O) groups is 1. The summed E-state index contributed by atoms with van der Waals surface area (Å²) in [6.07, 6.45) is 2.12. The second-order valence-corrected chi connectivity index (χ2v) is 6.99. The van der Waals surface area contributed by atoms with Gasteiger partial charge in [0.05, 0.1) is 25.1 Å². The number of carbonyl (C=O) groups excluding carboxylic acids is 1. The van der Waals surface area contributed by atoms with Gasteiger partial charge in [-0.3, -0.25) is 4.79 Å². The van der Waals surface area contributed by atoms with E-state index >= 15 is 0 Å². The summed E-state index contributed by atoms with van der Waals surface area (Å²) < 4.78 is 7.80. The predicted octanol–water partition coefficient (Wildman–Crippen LogP) is 1.53. The highest BCUT2D eigenvalue weighted by molar-refractivity contribution is 5.90. The summed E-state index contributed by atoms with van der Waals surface area (Å²) in [5.74, 6) is 1.76. The number of nitrogens with two attached hydrogens (primary N) is 1. The number of aryl methyl sites for hydroxylation is 1. The highest BCUT2D eigenvalue weighted by atomic mass is 16.5. The van der Waals surface area contributed by atoms with E-state index < -0.39 is 0 Å². The van der Waals surface area contributed by atoms with Crippen molar-refractivity contribution in [1.82, 2.24) is 29.6 Å². The van der Waals surface area contributed by atoms with Gasteiger partial charge in [0.1, 0.15) is 22.7 Å². The molecule has 11 heteroatoms. The smallest absolute Gasteiger partial charge is 0.204 e. The number of nitrogens with one attached hydrogen (secondary N) is 2. The molecule has 1 amide bonds. The van der Waals surface area contributed by atoms with Gasteiger partial charge in [-0.05, 0) is 17.7 Å². The van der Waals surface area contributed by atoms with E-state index in [9.17, 15) is 0 Å². The molecule has 30 heavy (non-hydrogen) atoms. The molecule has 0 spiro atoms. The van der Waals surface area contributed by atoms with Gasteiger partial charge in [-0.15, -0.1) is 0 Å². The average Bonchev–Trinajstić information content (AvgIpc) is 3.30. The first kappa shape index (κ1) is 19.6. The van der Waals surface area contributed by atoms with Crippen LogP contribution in [0.3, 0.4) is 0 Å². The van der Waals surface area contributed by atoms with E-state index in [0.29, 0.717) is 13.2 Å². The lowest BCUT2D eigenvalue weighted by molar-refractivity contribution is -0.106. The zero-order chi connectivity index (χ0) is 21.3. The number of fused-ring (bicyclic) bond motifs is 5. The van der Waals surface area contributed by atoms with Crippen molar-refractivity contribution in [3.8, 4) is 0 Å². The third-order valence-corrected chi connectivity index (χ3v) is 4.83. The Morgan fingerprint density at radius 1 is 1.33 bits per heavy atom. The summed E-state index contributed by atoms with van der Waals surface area (Å²) in [5.41, 5.74) is 9.56. The topological polar surface area (TPSA) is 137 Å². The van der Waals surface area contributed by atoms with Crippen LogP contribution in [0.15, 0.2) is 24.4 Å². The van der Waals surface area contributed by atoms with Crippen molar-refractivity contribution in [2.45, 2.75) is 19.4 Å². The molecular formula is C19H23N9O2. The van der Waals surface area contributed by atoms with Crippen LogP contribution in [-0.4, -0.2) is 49.7 Å². The number of nitrogens with zero attached hydrogens (tertiary/aromatic N) is 6. The summed E-state index contributed by atoms with van der Waals surface area (Å²) >= 11 is 0. The van der Waals surface area contributed by atoms with Crippen molar-refractivity contribution in [3.63, 3.8) is 0 Å². The molecule has 11 nitrogen and oxygen atoms in total. The summed E-state index contributed by atoms with van der Waals surface area (Å²) in [6.45, 7) is 3.23. The Hall–Kier alpha value is -3.73. The van der Waals surface area contributed by atoms with Gasteiger partial charge >= 0.3 is 0 Å². The van der Waals surface area contributed by atoms with Gasteiger partial charge in [-0.2, -0.15) is 24.6 Å². The van der Waals surface area contributed by atoms with Crippen molar-refractivity contribution in [3.05, 3.63) is 35.5 Å². The molecule has 0 saturated carbocycles. The molecule has 1 aliphatic heterocycles. The minimum absolute atomic E-state index is 0.175. The van der Waals surface area contributed by atoms with Crippen molar-refractivity contribution in [1.29, 1.82) is 0 Å². The van der Waals surface area contributed by atoms with Gasteiger partial charge in [0, 0.05) is 31.6 Å². The van der Waals surface area contributed by atoms with E-state index in [1.165, 1.54) is 0 Å². The normalized spacial score (nSPS) is 15.6. The Balaban J connectivity index is 0.000000687. The number of benzene rings is 1. The van der Waals surface area contributed by atoms with Crippen molar-refractivity contribution >= 4 is 40.4 Å². The van der Waals surface area contributed by atoms with E-state index in [1.54, 1.807) is 4.80 Å². The van der Waals surface area contributed by atoms with Crippen LogP contribution in [0.4, 0.5) is 17.3 Å². The Morgan fingerprint density at radius 3 is 2.90 bits per heavy atom. The van der Waals surface area contributed by atoms with E-state index in [2.05, 4.69) is 38.6 Å². The fraction of sp³-hybridized carbons (Fsp3) is 0.316. The first-order valence-electron chi connectivity index (χ1n) is 9.44. The van der Waals surface area contributed by atoms with Gasteiger partial charge in [-0.1, -0.05) is 6.92 Å². The van der Waals surface area contributed by atoms with Crippen LogP contribution in [0.1, 0.15) is 24.0 Å². The minimum atomic E-state index is 0.175. The fourth-order valence-corrected chi connectivity index (χ4v) is 3.51. The lowest BCUT2D eigenvalue weighted by Gasteiger charge is -2.15. The van der Waals surface area contributed by atoms with Crippen LogP contribution in [0.2, 0.25) is 0 Å². The number of anilines is 3. The molecule has 1 aliphatic rings. The highest BCUT2D eigenvalue weighted by Gasteiger charge is 2.19. The zero-order valence-corrected chi connectivity index (χ0v) is 17.0. The van der Waals surface area contributed by atoms with Gasteiger partial charge in [0.15, 0.2) is 5.65 Å². The summed E-state index contributed by atoms with van der Waals surface area (Å²) in [6, 6.07) is 6.00. The van der Waals surface area contributed by atoms with Gasteiger partial charge in [-0.25, -0.2) is 4.98 Å². The summed E-state index contributed by atoms with van der Waals surface area (Å²) in [7, 11) is 3.69. The molecule has 5 rings (SSSR count). The molecule has 1 aromatic carbocycles. The number of amides is 1. The predicted molar refractivity (Wildman–Crippen MR) is 113 cm³/mol. The Labute approximate surface area is 172 Å². The highest BCUT2D eigenvalue weighted by Crippen LogP contribution is 2.30. The van der Waals surface area contributed by atoms with Crippen LogP contribution >= 0.6 is 0 Å². The molecule has 3 aromatic heterocycles. The largest absolute Gasteiger partial charge is 0.376 e. The monoisotopic (exact) mass is 409 g/mol. The fourth-order valence-electron chi connectivity index (χ4n) is 3.51. The summed E-state index contributed by atoms with van der Waals surface area (Å²) in [4.78, 5) is 15.0. The number of hydrogen-bond acceptors (Lipinski definition) is 8. The molecule has 4 aromatic rings. The van der Waals surface area contributed by atoms with Gasteiger partial charge in [0.25, 0.3) is 0 Å². The minimum Gasteiger partial charge on any atom is -0.376 e. The number of ether oxygens (including phenoxy) is 1. The first-order valence-corrected chi connectivity index (χ1v) is 9.44. The zero-order valence-electron chi connectivity index (χ0n) is 17.0. The molecule has 156 valence electrons. The second-order valence-electron chi connectivity index (χ2n) is 6.99. The second kappa shape index (κ2) is 7.95. The molecule has 0 radical (unpaired) electrons. The molecule has 0 aliphatic carbocycles. The van der Waals surface area contributed by atoms with E-state index in [-0.39, 0.29) is 12.3 Å². The van der Waals surface area contributed by atoms with Crippen LogP contribution in [0.5, 0.6) is 0 Å². The van der Waals surface area contributed by atoms with Crippen molar-refractivity contribution in [2.75, 3.05) is 24.3 Å². The lowest BCUT2D eigenvalue weighted by atomic mass is 10.1. The molecule has 1 unspecified atom stereocenters. The van der Waals surface area contributed by atoms with E-state index in [1.807, 2.05) is 43.0 Å². The Bertz CT molecular complexity index is 1210. The van der Waals surface area contributed by atoms with Crippen LogP contribution in [0, 0.1) is 0 Å². The number of rotatable bonds is 1. The number of hydrogen-bond donors (Lipinski definition) is 3. The van der Waals surface area contributed by atoms with E-state index in [0.717, 1.165) is 45.1 Å². The maximum Gasteiger partial charge on any atom is 0.204 e. The van der Waals surface area contributed by atoms with Crippen LogP contribution in [0.25, 0.3) is 16.7 Å². The number of aromatic nitrogens is 6. The Kier molecular flexibility index (Phi) is 5.19. The van der Waals surface area contributed by atoms with Crippen LogP contribution < -0.4 is 16.4 Å². The quantitative estimate of drug-likeness (QED) is 0.403. The molecule has 1 atom stereocenters. The SMILES string of the molecule is CNc1cc2nc3c(cnn13)C(C)COCc1cc(c3nn(C)nc3c1)N2.NC=O. The molecule has 4 heterocycles. The van der Waals surface area contributed by atoms with Gasteiger partial charge in [0.2, 0.25) is 6.41 Å². The number of primary amides is 1. The average molecular weight is 409 g/mol. The molecular weight excluding hydrogens is 386 g/mol. The third kappa shape index (κ3) is 3.50. The van der Waals surface area contributed by atoms with Crippen molar-refractivity contribution in [2.24, 2.45) is 12.8 Å². The van der Waals surface area contributed by atoms with Crippen LogP contribution in [-0.2, 0) is 23.2 Å². The first-order chi connectivity index (χ1) is 14.5. The molecule has 0 saturated heterocycles. The standard InChI is InChI=1S/C18H20N8O.CH3NO/c1-10-8-27-9-11-4-13(17-14(5-11)23-25(3)24-17)21-15-6-16(19-2)26-18(22-15)12(10)7-20-26;2-1-3/h4-7,10,19H,8-9H2,1-3H3,(H,21,22);1H,(H2,2,3). The maximum absolute atomic E-state index is 8.58. The summed E-state index contributed by atoms with van der Waals surface area (Å²) in [5, 5.41) is 20.0. The molecule has 4 bridgehead atoms. The van der Waals surface area contributed by atoms with E-state index in [4.69, 9.17) is 14.5 Å². The van der Waals surface area contributed by atoms with Gasteiger partial charge < -0.3 is 21.1 Å². The molecule has 0 fully saturated rings. The molecule has 4 N–H and O–H groups in total. The Morgan fingerprint density at radius 2 is 2.13 bits per heavy atom. The third-order valence-electron chi connectivity index (χ3n) is 4.83.